The molecule has 0 aliphatic heterocycles. The second-order valence-corrected chi connectivity index (χ2v) is 6.23. The highest BCUT2D eigenvalue weighted by molar-refractivity contribution is 7.74. The van der Waals surface area contributed by atoms with Crippen LogP contribution in [0.1, 0.15) is 5.56 Å². The topological polar surface area (TPSA) is 98.8 Å². The molecule has 1 atom stereocenters. The van der Waals surface area contributed by atoms with Gasteiger partial charge in [-0.05, 0) is 36.8 Å². The van der Waals surface area contributed by atoms with Gasteiger partial charge in [0.15, 0.2) is 0 Å². The van der Waals surface area contributed by atoms with E-state index in [2.05, 4.69) is 4.18 Å². The lowest BCUT2D eigenvalue weighted by molar-refractivity contribution is -0.115. The first-order valence-electron chi connectivity index (χ1n) is 7.28. The Morgan fingerprint density at radius 1 is 1.26 bits per heavy atom. The average Bonchev–Trinajstić information content (AvgIpc) is 2.58. The van der Waals surface area contributed by atoms with Gasteiger partial charge in [-0.3, -0.25) is 9.69 Å². The maximum absolute atomic E-state index is 13.7. The van der Waals surface area contributed by atoms with Gasteiger partial charge >= 0.3 is 6.09 Å². The van der Waals surface area contributed by atoms with E-state index in [4.69, 9.17) is 11.6 Å². The fourth-order valence-electron chi connectivity index (χ4n) is 2.16. The van der Waals surface area contributed by atoms with Crippen molar-refractivity contribution in [3.05, 3.63) is 58.6 Å². The number of nitrogens with zero attached hydrogens (tertiary/aromatic N) is 1. The SMILES string of the molecule is Cc1ccc(Cl)cc1N(CC(=O)Nc1c(F)cccc1F)C(=O)OS(=O)[O-]. The summed E-state index contributed by atoms with van der Waals surface area (Å²) in [6, 6.07) is 7.34. The van der Waals surface area contributed by atoms with E-state index in [-0.39, 0.29) is 10.7 Å². The van der Waals surface area contributed by atoms with Crippen LogP contribution in [0.2, 0.25) is 5.02 Å². The van der Waals surface area contributed by atoms with Crippen LogP contribution in [0.4, 0.5) is 25.0 Å². The van der Waals surface area contributed by atoms with Crippen LogP contribution >= 0.6 is 11.6 Å². The molecule has 0 saturated carbocycles. The second-order valence-electron chi connectivity index (χ2n) is 5.22. The zero-order chi connectivity index (χ0) is 20.1. The molecule has 1 N–H and O–H groups in total. The van der Waals surface area contributed by atoms with Crippen LogP contribution < -0.4 is 10.2 Å². The van der Waals surface area contributed by atoms with Gasteiger partial charge in [-0.25, -0.2) is 17.8 Å². The number of rotatable bonds is 5. The molecule has 2 aromatic rings. The molecular formula is C16H12ClF2N2O5S-. The summed E-state index contributed by atoms with van der Waals surface area (Å²) in [5.74, 6) is -3.03. The van der Waals surface area contributed by atoms with Gasteiger partial charge < -0.3 is 14.1 Å². The zero-order valence-corrected chi connectivity index (χ0v) is 15.3. The van der Waals surface area contributed by atoms with Gasteiger partial charge in [0, 0.05) is 5.02 Å². The molecule has 0 heterocycles. The molecule has 0 saturated heterocycles. The molecule has 0 aromatic heterocycles. The summed E-state index contributed by atoms with van der Waals surface area (Å²) < 4.78 is 52.7. The number of carbonyl (C=O) groups is 2. The molecule has 2 amide bonds. The highest BCUT2D eigenvalue weighted by Gasteiger charge is 2.24. The number of hydrogen-bond donors (Lipinski definition) is 1. The van der Waals surface area contributed by atoms with E-state index in [1.807, 2.05) is 5.32 Å². The lowest BCUT2D eigenvalue weighted by atomic mass is 10.2. The van der Waals surface area contributed by atoms with Crippen molar-refractivity contribution in [3.63, 3.8) is 0 Å². The molecule has 0 fully saturated rings. The first-order valence-corrected chi connectivity index (χ1v) is 8.66. The Labute approximate surface area is 160 Å². The monoisotopic (exact) mass is 417 g/mol. The standard InChI is InChI=1S/C16H13ClF2N2O5S/c1-9-5-6-10(17)7-13(9)21(16(23)26-27(24)25)8-14(22)20-15-11(18)3-2-4-12(15)19/h2-7H,8H2,1H3,(H,20,22)(H,24,25)/p-1. The maximum Gasteiger partial charge on any atom is 0.428 e. The Morgan fingerprint density at radius 3 is 2.48 bits per heavy atom. The van der Waals surface area contributed by atoms with E-state index in [9.17, 15) is 27.1 Å². The van der Waals surface area contributed by atoms with Crippen molar-refractivity contribution < 1.29 is 31.3 Å². The first-order chi connectivity index (χ1) is 12.7. The van der Waals surface area contributed by atoms with Crippen LogP contribution in [-0.4, -0.2) is 27.3 Å². The molecule has 2 aromatic carbocycles. The quantitative estimate of drug-likeness (QED) is 0.752. The summed E-state index contributed by atoms with van der Waals surface area (Å²) >= 11 is 2.69. The third-order valence-corrected chi connectivity index (χ3v) is 3.86. The molecule has 11 heteroatoms. The number of aryl methyl sites for hydroxylation is 1. The van der Waals surface area contributed by atoms with Gasteiger partial charge in [-0.15, -0.1) is 0 Å². The second kappa shape index (κ2) is 8.89. The Bertz CT molecular complexity index is 892. The predicted octanol–water partition coefficient (Wildman–Crippen LogP) is 3.30. The van der Waals surface area contributed by atoms with Gasteiger partial charge in [-0.2, -0.15) is 0 Å². The summed E-state index contributed by atoms with van der Waals surface area (Å²) in [6.45, 7) is 0.791. The van der Waals surface area contributed by atoms with E-state index in [1.54, 1.807) is 6.92 Å². The highest BCUT2D eigenvalue weighted by Crippen LogP contribution is 2.25. The third kappa shape index (κ3) is 5.46. The van der Waals surface area contributed by atoms with Crippen LogP contribution in [0.15, 0.2) is 36.4 Å². The predicted molar refractivity (Wildman–Crippen MR) is 93.9 cm³/mol. The Hall–Kier alpha value is -2.56. The molecule has 0 bridgehead atoms. The normalized spacial score (nSPS) is 11.6. The molecule has 0 spiro atoms. The Kier molecular flexibility index (Phi) is 6.83. The van der Waals surface area contributed by atoms with Crippen LogP contribution in [0.25, 0.3) is 0 Å². The number of nitrogens with one attached hydrogen (secondary N) is 1. The lowest BCUT2D eigenvalue weighted by Crippen LogP contribution is -2.39. The van der Waals surface area contributed by atoms with Crippen molar-refractivity contribution in [3.8, 4) is 0 Å². The fourth-order valence-corrected chi connectivity index (χ4v) is 2.54. The van der Waals surface area contributed by atoms with E-state index < -0.39 is 47.2 Å². The van der Waals surface area contributed by atoms with Crippen molar-refractivity contribution in [1.29, 1.82) is 0 Å². The van der Waals surface area contributed by atoms with Gasteiger partial charge in [0.25, 0.3) is 0 Å². The number of para-hydroxylation sites is 1. The van der Waals surface area contributed by atoms with Crippen LogP contribution in [0, 0.1) is 18.6 Å². The number of anilines is 2. The van der Waals surface area contributed by atoms with Gasteiger partial charge in [0.1, 0.15) is 35.2 Å². The molecule has 1 unspecified atom stereocenters. The number of hydrogen-bond acceptors (Lipinski definition) is 5. The minimum Gasteiger partial charge on any atom is -0.740 e. The average molecular weight is 418 g/mol. The molecule has 144 valence electrons. The number of carbonyl (C=O) groups excluding carboxylic acids is 2. The van der Waals surface area contributed by atoms with Crippen molar-refractivity contribution in [2.75, 3.05) is 16.8 Å². The number of benzene rings is 2. The Morgan fingerprint density at radius 2 is 1.89 bits per heavy atom. The van der Waals surface area contributed by atoms with E-state index >= 15 is 0 Å². The molecule has 27 heavy (non-hydrogen) atoms. The van der Waals surface area contributed by atoms with Crippen molar-refractivity contribution in [2.24, 2.45) is 0 Å². The summed E-state index contributed by atoms with van der Waals surface area (Å²) in [5.41, 5.74) is -0.147. The highest BCUT2D eigenvalue weighted by atomic mass is 35.5. The summed E-state index contributed by atoms with van der Waals surface area (Å²) in [7, 11) is 0. The Balaban J connectivity index is 2.31. The smallest absolute Gasteiger partial charge is 0.428 e. The minimum absolute atomic E-state index is 0.0853. The largest absolute Gasteiger partial charge is 0.740 e. The number of halogens is 3. The molecule has 0 aliphatic carbocycles. The molecule has 2 rings (SSSR count). The van der Waals surface area contributed by atoms with E-state index in [1.165, 1.54) is 18.2 Å². The van der Waals surface area contributed by atoms with Gasteiger partial charge in [0.2, 0.25) is 5.91 Å². The minimum atomic E-state index is -3.19. The zero-order valence-electron chi connectivity index (χ0n) is 13.7. The molecule has 7 nitrogen and oxygen atoms in total. The van der Waals surface area contributed by atoms with Crippen LogP contribution in [-0.2, 0) is 20.3 Å². The summed E-state index contributed by atoms with van der Waals surface area (Å²) in [5, 5.41) is 2.20. The first kappa shape index (κ1) is 20.7. The van der Waals surface area contributed by atoms with Gasteiger partial charge in [0.05, 0.1) is 5.69 Å². The van der Waals surface area contributed by atoms with Crippen molar-refractivity contribution in [1.82, 2.24) is 0 Å². The fraction of sp³-hybridized carbons (Fsp3) is 0.125. The van der Waals surface area contributed by atoms with Crippen LogP contribution in [0.3, 0.4) is 0 Å². The van der Waals surface area contributed by atoms with Crippen molar-refractivity contribution >= 4 is 46.3 Å². The maximum atomic E-state index is 13.7. The summed E-state index contributed by atoms with van der Waals surface area (Å²) in [6.07, 6.45) is -1.39. The van der Waals surface area contributed by atoms with E-state index in [0.717, 1.165) is 18.2 Å². The van der Waals surface area contributed by atoms with E-state index in [0.29, 0.717) is 10.5 Å². The molecular weight excluding hydrogens is 406 g/mol. The third-order valence-electron chi connectivity index (χ3n) is 3.35. The number of amides is 2. The van der Waals surface area contributed by atoms with Crippen molar-refractivity contribution in [2.45, 2.75) is 6.92 Å². The molecule has 0 radical (unpaired) electrons. The van der Waals surface area contributed by atoms with Gasteiger partial charge in [-0.1, -0.05) is 23.7 Å². The van der Waals surface area contributed by atoms with Crippen LogP contribution in [0.5, 0.6) is 0 Å². The lowest BCUT2D eigenvalue weighted by Gasteiger charge is -2.23. The summed E-state index contributed by atoms with van der Waals surface area (Å²) in [4.78, 5) is 25.0. The molecule has 0 aliphatic rings.